The van der Waals surface area contributed by atoms with Crippen molar-refractivity contribution in [1.29, 1.82) is 0 Å². The number of carbonyl (C=O) groups is 2. The summed E-state index contributed by atoms with van der Waals surface area (Å²) < 4.78 is 13.0. The van der Waals surface area contributed by atoms with Gasteiger partial charge in [-0.3, -0.25) is 19.7 Å². The standard InChI is InChI=1S/C9H6FNO4/c1-5(13)9-6(4-12)7(10)2-3-8(9)11(14)15/h2-4H,1H3. The summed E-state index contributed by atoms with van der Waals surface area (Å²) in [5, 5.41) is 10.5. The van der Waals surface area contributed by atoms with Gasteiger partial charge in [0.15, 0.2) is 12.1 Å². The van der Waals surface area contributed by atoms with E-state index >= 15 is 0 Å². The van der Waals surface area contributed by atoms with E-state index in [0.29, 0.717) is 0 Å². The first kappa shape index (κ1) is 11.0. The highest BCUT2D eigenvalue weighted by Crippen LogP contribution is 2.24. The van der Waals surface area contributed by atoms with Crippen LogP contribution in [-0.2, 0) is 0 Å². The Bertz CT molecular complexity index is 456. The van der Waals surface area contributed by atoms with Crippen LogP contribution >= 0.6 is 0 Å². The van der Waals surface area contributed by atoms with Crippen LogP contribution < -0.4 is 0 Å². The monoisotopic (exact) mass is 211 g/mol. The fourth-order valence-corrected chi connectivity index (χ4v) is 1.22. The fourth-order valence-electron chi connectivity index (χ4n) is 1.22. The normalized spacial score (nSPS) is 9.73. The number of benzene rings is 1. The van der Waals surface area contributed by atoms with Gasteiger partial charge in [-0.05, 0) is 13.0 Å². The maximum atomic E-state index is 13.0. The Morgan fingerprint density at radius 2 is 2.13 bits per heavy atom. The lowest BCUT2D eigenvalue weighted by Gasteiger charge is -2.02. The molecule has 0 saturated carbocycles. The Labute approximate surface area is 83.7 Å². The molecule has 0 radical (unpaired) electrons. The Kier molecular flexibility index (Phi) is 2.89. The Hall–Kier alpha value is -2.11. The van der Waals surface area contributed by atoms with Gasteiger partial charge in [0.2, 0.25) is 0 Å². The first-order valence-electron chi connectivity index (χ1n) is 3.92. The Morgan fingerprint density at radius 3 is 2.53 bits per heavy atom. The van der Waals surface area contributed by atoms with Crippen LogP contribution in [0, 0.1) is 15.9 Å². The molecule has 0 heterocycles. The highest BCUT2D eigenvalue weighted by molar-refractivity contribution is 6.04. The fraction of sp³-hybridized carbons (Fsp3) is 0.111. The number of rotatable bonds is 3. The highest BCUT2D eigenvalue weighted by atomic mass is 19.1. The third kappa shape index (κ3) is 1.88. The van der Waals surface area contributed by atoms with Crippen molar-refractivity contribution in [2.24, 2.45) is 0 Å². The molecule has 1 aromatic carbocycles. The summed E-state index contributed by atoms with van der Waals surface area (Å²) in [5.74, 6) is -1.66. The molecule has 0 aliphatic carbocycles. The topological polar surface area (TPSA) is 77.3 Å². The van der Waals surface area contributed by atoms with Crippen LogP contribution in [0.1, 0.15) is 27.6 Å². The van der Waals surface area contributed by atoms with Crippen molar-refractivity contribution >= 4 is 17.8 Å². The van der Waals surface area contributed by atoms with E-state index in [9.17, 15) is 24.1 Å². The van der Waals surface area contributed by atoms with E-state index in [1.165, 1.54) is 0 Å². The van der Waals surface area contributed by atoms with E-state index < -0.39 is 33.3 Å². The zero-order valence-electron chi connectivity index (χ0n) is 7.69. The number of hydrogen-bond donors (Lipinski definition) is 0. The van der Waals surface area contributed by atoms with Crippen LogP contribution in [0.4, 0.5) is 10.1 Å². The van der Waals surface area contributed by atoms with Crippen molar-refractivity contribution in [3.8, 4) is 0 Å². The third-order valence-corrected chi connectivity index (χ3v) is 1.84. The average molecular weight is 211 g/mol. The zero-order valence-corrected chi connectivity index (χ0v) is 7.69. The molecule has 0 spiro atoms. The largest absolute Gasteiger partial charge is 0.298 e. The summed E-state index contributed by atoms with van der Waals surface area (Å²) in [6.45, 7) is 1.04. The molecule has 0 aliphatic rings. The lowest BCUT2D eigenvalue weighted by Crippen LogP contribution is -2.06. The van der Waals surface area contributed by atoms with Gasteiger partial charge >= 0.3 is 0 Å². The molecule has 0 aromatic heterocycles. The quantitative estimate of drug-likeness (QED) is 0.330. The minimum absolute atomic E-state index is 0.0963. The minimum atomic E-state index is -0.944. The van der Waals surface area contributed by atoms with Gasteiger partial charge in [-0.1, -0.05) is 0 Å². The van der Waals surface area contributed by atoms with E-state index in [0.717, 1.165) is 19.1 Å². The van der Waals surface area contributed by atoms with Gasteiger partial charge in [0, 0.05) is 6.07 Å². The van der Waals surface area contributed by atoms with E-state index in [4.69, 9.17) is 0 Å². The molecule has 5 nitrogen and oxygen atoms in total. The van der Waals surface area contributed by atoms with Gasteiger partial charge in [-0.15, -0.1) is 0 Å². The SMILES string of the molecule is CC(=O)c1c([N+](=O)[O-])ccc(F)c1C=O. The summed E-state index contributed by atoms with van der Waals surface area (Å²) in [5.41, 5.74) is -1.63. The molecule has 0 unspecified atom stereocenters. The molecular formula is C9H6FNO4. The third-order valence-electron chi connectivity index (χ3n) is 1.84. The lowest BCUT2D eigenvalue weighted by molar-refractivity contribution is -0.385. The Morgan fingerprint density at radius 1 is 1.53 bits per heavy atom. The minimum Gasteiger partial charge on any atom is -0.298 e. The van der Waals surface area contributed by atoms with Crippen LogP contribution in [-0.4, -0.2) is 17.0 Å². The number of nitrogens with zero attached hydrogens (tertiary/aromatic N) is 1. The molecule has 15 heavy (non-hydrogen) atoms. The summed E-state index contributed by atoms with van der Waals surface area (Å²) in [6.07, 6.45) is 0.0963. The number of carbonyl (C=O) groups excluding carboxylic acids is 2. The number of ketones is 1. The molecule has 0 fully saturated rings. The molecular weight excluding hydrogens is 205 g/mol. The second kappa shape index (κ2) is 3.95. The van der Waals surface area contributed by atoms with Crippen molar-refractivity contribution < 1.29 is 18.9 Å². The second-order valence-corrected chi connectivity index (χ2v) is 2.79. The first-order valence-corrected chi connectivity index (χ1v) is 3.92. The van der Waals surface area contributed by atoms with Crippen molar-refractivity contribution in [2.45, 2.75) is 6.92 Å². The van der Waals surface area contributed by atoms with Crippen molar-refractivity contribution in [3.05, 3.63) is 39.2 Å². The van der Waals surface area contributed by atoms with Crippen LogP contribution in [0.25, 0.3) is 0 Å². The van der Waals surface area contributed by atoms with Gasteiger partial charge in [-0.25, -0.2) is 4.39 Å². The average Bonchev–Trinajstić information content (AvgIpc) is 2.16. The predicted molar refractivity (Wildman–Crippen MR) is 48.4 cm³/mol. The number of Topliss-reactive ketones (excluding diaryl/α,β-unsaturated/α-hetero) is 1. The number of halogens is 1. The Balaban J connectivity index is 3.63. The molecule has 0 aliphatic heterocycles. The summed E-state index contributed by atoms with van der Waals surface area (Å²) in [6, 6.07) is 1.65. The van der Waals surface area contributed by atoms with E-state index in [2.05, 4.69) is 0 Å². The van der Waals surface area contributed by atoms with Crippen molar-refractivity contribution in [1.82, 2.24) is 0 Å². The number of hydrogen-bond acceptors (Lipinski definition) is 4. The van der Waals surface area contributed by atoms with Crippen LogP contribution in [0.2, 0.25) is 0 Å². The maximum absolute atomic E-state index is 13.0. The number of nitro benzene ring substituents is 1. The van der Waals surface area contributed by atoms with Gasteiger partial charge in [0.25, 0.3) is 5.69 Å². The maximum Gasteiger partial charge on any atom is 0.281 e. The van der Waals surface area contributed by atoms with Crippen LogP contribution in [0.5, 0.6) is 0 Å². The summed E-state index contributed by atoms with van der Waals surface area (Å²) in [4.78, 5) is 31.3. The van der Waals surface area contributed by atoms with Gasteiger partial charge in [0.05, 0.1) is 10.5 Å². The zero-order chi connectivity index (χ0) is 11.6. The van der Waals surface area contributed by atoms with Crippen LogP contribution in [0.15, 0.2) is 12.1 Å². The molecule has 1 rings (SSSR count). The van der Waals surface area contributed by atoms with Gasteiger partial charge in [-0.2, -0.15) is 0 Å². The second-order valence-electron chi connectivity index (χ2n) is 2.79. The number of nitro groups is 1. The smallest absolute Gasteiger partial charge is 0.281 e. The molecule has 0 bridgehead atoms. The molecule has 1 aromatic rings. The van der Waals surface area contributed by atoms with Gasteiger partial charge in [0.1, 0.15) is 11.4 Å². The van der Waals surface area contributed by atoms with E-state index in [1.807, 2.05) is 0 Å². The molecule has 0 atom stereocenters. The molecule has 0 saturated heterocycles. The molecule has 78 valence electrons. The summed E-state index contributed by atoms with van der Waals surface area (Å²) in [7, 11) is 0. The summed E-state index contributed by atoms with van der Waals surface area (Å²) >= 11 is 0. The van der Waals surface area contributed by atoms with E-state index in [1.54, 1.807) is 0 Å². The van der Waals surface area contributed by atoms with Crippen molar-refractivity contribution in [3.63, 3.8) is 0 Å². The predicted octanol–water partition coefficient (Wildman–Crippen LogP) is 1.75. The van der Waals surface area contributed by atoms with Gasteiger partial charge < -0.3 is 0 Å². The first-order chi connectivity index (χ1) is 6.99. The lowest BCUT2D eigenvalue weighted by atomic mass is 10.0. The number of aldehydes is 1. The molecule has 6 heteroatoms. The molecule has 0 amide bonds. The molecule has 0 N–H and O–H groups in total. The van der Waals surface area contributed by atoms with Crippen molar-refractivity contribution in [2.75, 3.05) is 0 Å². The van der Waals surface area contributed by atoms with E-state index in [-0.39, 0.29) is 6.29 Å². The van der Waals surface area contributed by atoms with Crippen LogP contribution in [0.3, 0.4) is 0 Å². The highest BCUT2D eigenvalue weighted by Gasteiger charge is 2.23.